The molecule has 0 aromatic heterocycles. The van der Waals surface area contributed by atoms with Gasteiger partial charge in [0, 0.05) is 19.0 Å². The van der Waals surface area contributed by atoms with Crippen molar-refractivity contribution in [3.05, 3.63) is 70.8 Å². The second-order valence-corrected chi connectivity index (χ2v) is 7.58. The average molecular weight is 395 g/mol. The topological polar surface area (TPSA) is 72.5 Å². The number of esters is 1. The zero-order valence-corrected chi connectivity index (χ0v) is 17.4. The van der Waals surface area contributed by atoms with Crippen LogP contribution in [0, 0.1) is 5.92 Å². The van der Waals surface area contributed by atoms with E-state index in [9.17, 15) is 14.4 Å². The Morgan fingerprint density at radius 2 is 1.48 bits per heavy atom. The lowest BCUT2D eigenvalue weighted by Crippen LogP contribution is -2.21. The lowest BCUT2D eigenvalue weighted by atomic mass is 10.0. The van der Waals surface area contributed by atoms with E-state index in [0.29, 0.717) is 23.6 Å². The van der Waals surface area contributed by atoms with Crippen molar-refractivity contribution < 1.29 is 19.1 Å². The fraction of sp³-hybridized carbons (Fsp3) is 0.375. The van der Waals surface area contributed by atoms with Gasteiger partial charge in [-0.05, 0) is 48.4 Å². The number of nitrogens with one attached hydrogen (secondary N) is 1. The third-order valence-electron chi connectivity index (χ3n) is 4.46. The molecule has 5 heteroatoms. The number of benzene rings is 2. The van der Waals surface area contributed by atoms with E-state index < -0.39 is 5.97 Å². The van der Waals surface area contributed by atoms with Gasteiger partial charge in [0.2, 0.25) is 5.91 Å². The van der Waals surface area contributed by atoms with Crippen molar-refractivity contribution in [3.8, 4) is 0 Å². The summed E-state index contributed by atoms with van der Waals surface area (Å²) in [6.07, 6.45) is 2.61. The minimum atomic E-state index is -0.496. The first kappa shape index (κ1) is 22.3. The Morgan fingerprint density at radius 1 is 0.897 bits per heavy atom. The van der Waals surface area contributed by atoms with Gasteiger partial charge in [-0.2, -0.15) is 0 Å². The molecular formula is C24H29NO4. The molecule has 0 radical (unpaired) electrons. The lowest BCUT2D eigenvalue weighted by molar-refractivity contribution is -0.118. The fourth-order valence-electron chi connectivity index (χ4n) is 2.96. The Hall–Kier alpha value is -2.95. The summed E-state index contributed by atoms with van der Waals surface area (Å²) in [5.41, 5.74) is 3.21. The first-order chi connectivity index (χ1) is 13.8. The Balaban J connectivity index is 1.80. The first-order valence-electron chi connectivity index (χ1n) is 9.98. The second kappa shape index (κ2) is 11.1. The number of ether oxygens (including phenoxy) is 1. The van der Waals surface area contributed by atoms with Crippen molar-refractivity contribution in [3.63, 3.8) is 0 Å². The van der Waals surface area contributed by atoms with E-state index in [1.54, 1.807) is 24.3 Å². The highest BCUT2D eigenvalue weighted by molar-refractivity contribution is 5.99. The molecule has 0 heterocycles. The molecule has 0 saturated carbocycles. The molecule has 154 valence electrons. The molecule has 2 rings (SSSR count). The average Bonchev–Trinajstić information content (AvgIpc) is 2.69. The highest BCUT2D eigenvalue weighted by Gasteiger charge is 2.12. The van der Waals surface area contributed by atoms with Crippen LogP contribution < -0.4 is 5.32 Å². The van der Waals surface area contributed by atoms with Gasteiger partial charge in [0.05, 0.1) is 5.56 Å². The highest BCUT2D eigenvalue weighted by Crippen LogP contribution is 2.12. The van der Waals surface area contributed by atoms with E-state index in [1.165, 1.54) is 12.5 Å². The summed E-state index contributed by atoms with van der Waals surface area (Å²) >= 11 is 0. The molecule has 0 spiro atoms. The van der Waals surface area contributed by atoms with Gasteiger partial charge in [0.15, 0.2) is 12.4 Å². The van der Waals surface area contributed by atoms with E-state index >= 15 is 0 Å². The summed E-state index contributed by atoms with van der Waals surface area (Å²) in [5, 5.41) is 2.76. The van der Waals surface area contributed by atoms with Crippen LogP contribution in [0.25, 0.3) is 0 Å². The predicted molar refractivity (Wildman–Crippen MR) is 113 cm³/mol. The number of carbonyl (C=O) groups is 3. The minimum absolute atomic E-state index is 0.0352. The summed E-state index contributed by atoms with van der Waals surface area (Å²) in [6.45, 7) is 6.13. The maximum atomic E-state index is 12.3. The maximum Gasteiger partial charge on any atom is 0.338 e. The van der Waals surface area contributed by atoms with Crippen LogP contribution in [0.1, 0.15) is 59.0 Å². The van der Waals surface area contributed by atoms with Crippen LogP contribution in [0.3, 0.4) is 0 Å². The molecular weight excluding hydrogens is 366 g/mol. The van der Waals surface area contributed by atoms with Crippen LogP contribution in [0.5, 0.6) is 0 Å². The van der Waals surface area contributed by atoms with E-state index in [0.717, 1.165) is 24.8 Å². The molecule has 1 amide bonds. The number of hydrogen-bond acceptors (Lipinski definition) is 4. The molecule has 0 unspecified atom stereocenters. The maximum absolute atomic E-state index is 12.3. The zero-order valence-electron chi connectivity index (χ0n) is 17.4. The molecule has 2 aromatic carbocycles. The standard InChI is InChI=1S/C24H29NO4/c1-17(2)15-20-8-12-22(13-9-20)24(28)29-16-23(27)21-10-6-19(7-11-21)5-4-14-25-18(3)26/h6-13,17H,4-5,14-16H2,1-3H3,(H,25,26). The van der Waals surface area contributed by atoms with Gasteiger partial charge in [0.1, 0.15) is 0 Å². The van der Waals surface area contributed by atoms with E-state index in [1.807, 2.05) is 24.3 Å². The number of aryl methyl sites for hydroxylation is 1. The largest absolute Gasteiger partial charge is 0.454 e. The molecule has 1 N–H and O–H groups in total. The third kappa shape index (κ3) is 7.90. The van der Waals surface area contributed by atoms with Crippen LogP contribution >= 0.6 is 0 Å². The number of rotatable bonds is 10. The fourth-order valence-corrected chi connectivity index (χ4v) is 2.96. The molecule has 0 aliphatic rings. The second-order valence-electron chi connectivity index (χ2n) is 7.58. The molecule has 0 aliphatic heterocycles. The molecule has 0 saturated heterocycles. The lowest BCUT2D eigenvalue weighted by Gasteiger charge is -2.08. The first-order valence-corrected chi connectivity index (χ1v) is 9.98. The van der Waals surface area contributed by atoms with E-state index in [-0.39, 0.29) is 18.3 Å². The highest BCUT2D eigenvalue weighted by atomic mass is 16.5. The van der Waals surface area contributed by atoms with E-state index in [4.69, 9.17) is 4.74 Å². The van der Waals surface area contributed by atoms with Crippen LogP contribution in [0.2, 0.25) is 0 Å². The third-order valence-corrected chi connectivity index (χ3v) is 4.46. The Labute approximate surface area is 172 Å². The normalized spacial score (nSPS) is 10.6. The van der Waals surface area contributed by atoms with Crippen molar-refractivity contribution in [2.24, 2.45) is 5.92 Å². The van der Waals surface area contributed by atoms with Crippen molar-refractivity contribution in [1.29, 1.82) is 0 Å². The van der Waals surface area contributed by atoms with Gasteiger partial charge in [-0.3, -0.25) is 9.59 Å². The number of hydrogen-bond donors (Lipinski definition) is 1. The monoisotopic (exact) mass is 395 g/mol. The molecule has 5 nitrogen and oxygen atoms in total. The summed E-state index contributed by atoms with van der Waals surface area (Å²) in [7, 11) is 0. The number of Topliss-reactive ketones (excluding diaryl/α,β-unsaturated/α-hetero) is 1. The number of ketones is 1. The molecule has 29 heavy (non-hydrogen) atoms. The number of amides is 1. The van der Waals surface area contributed by atoms with Crippen LogP contribution in [-0.2, 0) is 22.4 Å². The van der Waals surface area contributed by atoms with Gasteiger partial charge < -0.3 is 10.1 Å². The van der Waals surface area contributed by atoms with Crippen LogP contribution in [0.4, 0.5) is 0 Å². The summed E-state index contributed by atoms with van der Waals surface area (Å²) in [6, 6.07) is 14.6. The summed E-state index contributed by atoms with van der Waals surface area (Å²) in [5.74, 6) is -0.218. The molecule has 0 bridgehead atoms. The smallest absolute Gasteiger partial charge is 0.338 e. The Morgan fingerprint density at radius 3 is 2.07 bits per heavy atom. The van der Waals surface area contributed by atoms with Crippen LogP contribution in [-0.4, -0.2) is 30.8 Å². The van der Waals surface area contributed by atoms with Crippen molar-refractivity contribution in [1.82, 2.24) is 5.32 Å². The molecule has 2 aromatic rings. The Bertz CT molecular complexity index is 823. The van der Waals surface area contributed by atoms with Gasteiger partial charge >= 0.3 is 5.97 Å². The Kier molecular flexibility index (Phi) is 8.59. The summed E-state index contributed by atoms with van der Waals surface area (Å²) in [4.78, 5) is 35.3. The van der Waals surface area contributed by atoms with E-state index in [2.05, 4.69) is 19.2 Å². The van der Waals surface area contributed by atoms with Gasteiger partial charge in [-0.15, -0.1) is 0 Å². The van der Waals surface area contributed by atoms with Gasteiger partial charge in [-0.25, -0.2) is 4.79 Å². The van der Waals surface area contributed by atoms with Crippen molar-refractivity contribution in [2.45, 2.75) is 40.0 Å². The molecule has 0 fully saturated rings. The number of carbonyl (C=O) groups excluding carboxylic acids is 3. The van der Waals surface area contributed by atoms with Crippen molar-refractivity contribution >= 4 is 17.7 Å². The quantitative estimate of drug-likeness (QED) is 0.375. The summed E-state index contributed by atoms with van der Waals surface area (Å²) < 4.78 is 5.17. The van der Waals surface area contributed by atoms with Gasteiger partial charge in [-0.1, -0.05) is 50.2 Å². The molecule has 0 atom stereocenters. The zero-order chi connectivity index (χ0) is 21.2. The molecule has 0 aliphatic carbocycles. The minimum Gasteiger partial charge on any atom is -0.454 e. The van der Waals surface area contributed by atoms with Gasteiger partial charge in [0.25, 0.3) is 0 Å². The van der Waals surface area contributed by atoms with Crippen LogP contribution in [0.15, 0.2) is 48.5 Å². The SMILES string of the molecule is CC(=O)NCCCc1ccc(C(=O)COC(=O)c2ccc(CC(C)C)cc2)cc1. The van der Waals surface area contributed by atoms with Crippen molar-refractivity contribution in [2.75, 3.05) is 13.2 Å². The predicted octanol–water partition coefficient (Wildman–Crippen LogP) is 3.99.